The van der Waals surface area contributed by atoms with Crippen LogP contribution in [0.3, 0.4) is 0 Å². The van der Waals surface area contributed by atoms with E-state index in [1.54, 1.807) is 44.4 Å². The van der Waals surface area contributed by atoms with Crippen LogP contribution in [-0.4, -0.2) is 70.8 Å². The highest BCUT2D eigenvalue weighted by Crippen LogP contribution is 2.34. The van der Waals surface area contributed by atoms with Crippen LogP contribution in [0.25, 0.3) is 0 Å². The van der Waals surface area contributed by atoms with Crippen LogP contribution in [-0.2, 0) is 26.2 Å². The molecule has 2 amide bonds. The fourth-order valence-corrected chi connectivity index (χ4v) is 4.59. The molecule has 1 heterocycles. The average Bonchev–Trinajstić information content (AvgIpc) is 2.87. The molecule has 0 aliphatic carbocycles. The van der Waals surface area contributed by atoms with Gasteiger partial charge in [0.2, 0.25) is 21.8 Å². The minimum Gasteiger partial charge on any atom is -0.497 e. The van der Waals surface area contributed by atoms with Crippen LogP contribution in [0.4, 0.5) is 5.69 Å². The molecular formula is C25H33N3O7S. The fourth-order valence-electron chi connectivity index (χ4n) is 3.75. The SMILES string of the molecule is CCCNC(=O)[C@H](C)N(Cc1cccc(OC)c1)C(=O)CN(c1ccc2c(c1)OCCO2)S(C)(=O)=O. The third-order valence-electron chi connectivity index (χ3n) is 5.70. The Kier molecular flexibility index (Phi) is 9.03. The van der Waals surface area contributed by atoms with Gasteiger partial charge >= 0.3 is 0 Å². The molecule has 0 aromatic heterocycles. The van der Waals surface area contributed by atoms with Gasteiger partial charge in [0, 0.05) is 19.2 Å². The summed E-state index contributed by atoms with van der Waals surface area (Å²) in [6.45, 7) is 4.37. The zero-order chi connectivity index (χ0) is 26.3. The van der Waals surface area contributed by atoms with E-state index in [0.29, 0.717) is 37.0 Å². The predicted octanol–water partition coefficient (Wildman–Crippen LogP) is 2.18. The van der Waals surface area contributed by atoms with Gasteiger partial charge in [-0.25, -0.2) is 8.42 Å². The van der Waals surface area contributed by atoms with Crippen molar-refractivity contribution in [2.75, 3.05) is 44.0 Å². The second-order valence-electron chi connectivity index (χ2n) is 8.44. The molecule has 0 radical (unpaired) electrons. The lowest BCUT2D eigenvalue weighted by atomic mass is 10.1. The normalized spacial score (nSPS) is 13.4. The molecule has 2 aromatic rings. The number of carbonyl (C=O) groups is 2. The standard InChI is InChI=1S/C25H33N3O7S/c1-5-11-26-25(30)18(2)27(16-19-7-6-8-21(14-19)33-3)24(29)17-28(36(4,31)32)20-9-10-22-23(15-20)35-13-12-34-22/h6-10,14-15,18H,5,11-13,16-17H2,1-4H3,(H,26,30)/t18-/m0/s1. The van der Waals surface area contributed by atoms with Gasteiger partial charge in [-0.05, 0) is 43.2 Å². The van der Waals surface area contributed by atoms with Gasteiger partial charge in [0.1, 0.15) is 31.5 Å². The number of anilines is 1. The first-order chi connectivity index (χ1) is 17.1. The minimum atomic E-state index is -3.85. The van der Waals surface area contributed by atoms with E-state index in [-0.39, 0.29) is 18.1 Å². The van der Waals surface area contributed by atoms with Gasteiger partial charge in [-0.15, -0.1) is 0 Å². The zero-order valence-electron chi connectivity index (χ0n) is 21.0. The molecule has 0 unspecified atom stereocenters. The van der Waals surface area contributed by atoms with Crippen molar-refractivity contribution < 1.29 is 32.2 Å². The van der Waals surface area contributed by atoms with E-state index in [1.165, 1.54) is 11.0 Å². The van der Waals surface area contributed by atoms with Crippen molar-refractivity contribution >= 4 is 27.5 Å². The second kappa shape index (κ2) is 12.0. The Morgan fingerprint density at radius 2 is 1.83 bits per heavy atom. The predicted molar refractivity (Wildman–Crippen MR) is 136 cm³/mol. The molecule has 11 heteroatoms. The molecule has 1 N–H and O–H groups in total. The maximum absolute atomic E-state index is 13.6. The van der Waals surface area contributed by atoms with Crippen molar-refractivity contribution in [1.82, 2.24) is 10.2 Å². The van der Waals surface area contributed by atoms with Crippen LogP contribution in [0.1, 0.15) is 25.8 Å². The molecule has 2 aromatic carbocycles. The number of carbonyl (C=O) groups excluding carboxylic acids is 2. The first kappa shape index (κ1) is 27.1. The highest BCUT2D eigenvalue weighted by molar-refractivity contribution is 7.92. The highest BCUT2D eigenvalue weighted by atomic mass is 32.2. The quantitative estimate of drug-likeness (QED) is 0.484. The van der Waals surface area contributed by atoms with Crippen LogP contribution >= 0.6 is 0 Å². The van der Waals surface area contributed by atoms with E-state index in [9.17, 15) is 18.0 Å². The van der Waals surface area contributed by atoms with E-state index >= 15 is 0 Å². The zero-order valence-corrected chi connectivity index (χ0v) is 21.8. The maximum Gasteiger partial charge on any atom is 0.244 e. The highest BCUT2D eigenvalue weighted by Gasteiger charge is 2.30. The molecule has 196 valence electrons. The molecule has 1 aliphatic heterocycles. The summed E-state index contributed by atoms with van der Waals surface area (Å²) in [5.41, 5.74) is 1.00. The first-order valence-corrected chi connectivity index (χ1v) is 13.6. The molecule has 0 bridgehead atoms. The summed E-state index contributed by atoms with van der Waals surface area (Å²) >= 11 is 0. The smallest absolute Gasteiger partial charge is 0.244 e. The number of benzene rings is 2. The van der Waals surface area contributed by atoms with Gasteiger partial charge in [0.05, 0.1) is 19.1 Å². The van der Waals surface area contributed by atoms with Gasteiger partial charge in [0.25, 0.3) is 0 Å². The van der Waals surface area contributed by atoms with Crippen molar-refractivity contribution in [3.63, 3.8) is 0 Å². The lowest BCUT2D eigenvalue weighted by Crippen LogP contribution is -2.51. The largest absolute Gasteiger partial charge is 0.497 e. The van der Waals surface area contributed by atoms with Crippen LogP contribution in [0.5, 0.6) is 17.2 Å². The Morgan fingerprint density at radius 1 is 1.11 bits per heavy atom. The average molecular weight is 520 g/mol. The van der Waals surface area contributed by atoms with E-state index in [2.05, 4.69) is 5.32 Å². The second-order valence-corrected chi connectivity index (χ2v) is 10.3. The minimum absolute atomic E-state index is 0.0927. The molecular weight excluding hydrogens is 486 g/mol. The summed E-state index contributed by atoms with van der Waals surface area (Å²) in [5.74, 6) is 0.665. The summed E-state index contributed by atoms with van der Waals surface area (Å²) in [6.07, 6.45) is 1.77. The van der Waals surface area contributed by atoms with Gasteiger partial charge in [-0.3, -0.25) is 13.9 Å². The summed E-state index contributed by atoms with van der Waals surface area (Å²) < 4.78 is 42.8. The van der Waals surface area contributed by atoms with Gasteiger partial charge in [-0.2, -0.15) is 0 Å². The third-order valence-corrected chi connectivity index (χ3v) is 6.84. The summed E-state index contributed by atoms with van der Waals surface area (Å²) in [4.78, 5) is 27.7. The lowest BCUT2D eigenvalue weighted by Gasteiger charge is -2.31. The third kappa shape index (κ3) is 6.81. The van der Waals surface area contributed by atoms with Crippen LogP contribution in [0, 0.1) is 0 Å². The fraction of sp³-hybridized carbons (Fsp3) is 0.440. The molecule has 1 atom stereocenters. The Bertz CT molecular complexity index is 1190. The van der Waals surface area contributed by atoms with E-state index in [1.807, 2.05) is 13.0 Å². The van der Waals surface area contributed by atoms with Crippen molar-refractivity contribution in [1.29, 1.82) is 0 Å². The van der Waals surface area contributed by atoms with Gasteiger partial charge < -0.3 is 24.4 Å². The van der Waals surface area contributed by atoms with Crippen LogP contribution in [0.2, 0.25) is 0 Å². The molecule has 0 spiro atoms. The number of amides is 2. The molecule has 1 aliphatic rings. The van der Waals surface area contributed by atoms with Crippen molar-refractivity contribution in [3.05, 3.63) is 48.0 Å². The Balaban J connectivity index is 1.91. The maximum atomic E-state index is 13.6. The molecule has 10 nitrogen and oxygen atoms in total. The number of hydrogen-bond donors (Lipinski definition) is 1. The lowest BCUT2D eigenvalue weighted by molar-refractivity contribution is -0.139. The van der Waals surface area contributed by atoms with Gasteiger partial charge in [0.15, 0.2) is 11.5 Å². The van der Waals surface area contributed by atoms with Gasteiger partial charge in [-0.1, -0.05) is 19.1 Å². The monoisotopic (exact) mass is 519 g/mol. The number of hydrogen-bond acceptors (Lipinski definition) is 7. The number of nitrogens with zero attached hydrogens (tertiary/aromatic N) is 2. The number of ether oxygens (including phenoxy) is 3. The van der Waals surface area contributed by atoms with Crippen molar-refractivity contribution in [3.8, 4) is 17.2 Å². The van der Waals surface area contributed by atoms with Crippen molar-refractivity contribution in [2.45, 2.75) is 32.9 Å². The number of fused-ring (bicyclic) bond motifs is 1. The first-order valence-electron chi connectivity index (χ1n) is 11.7. The van der Waals surface area contributed by atoms with E-state index < -0.39 is 28.5 Å². The number of nitrogens with one attached hydrogen (secondary N) is 1. The number of methoxy groups -OCH3 is 1. The molecule has 3 rings (SSSR count). The summed E-state index contributed by atoms with van der Waals surface area (Å²) in [7, 11) is -2.31. The molecule has 0 saturated carbocycles. The molecule has 0 fully saturated rings. The number of sulfonamides is 1. The summed E-state index contributed by atoms with van der Waals surface area (Å²) in [5, 5.41) is 2.81. The Hall–Kier alpha value is -3.47. The summed E-state index contributed by atoms with van der Waals surface area (Å²) in [6, 6.07) is 11.0. The Labute approximate surface area is 212 Å². The van der Waals surface area contributed by atoms with Crippen LogP contribution in [0.15, 0.2) is 42.5 Å². The van der Waals surface area contributed by atoms with E-state index in [4.69, 9.17) is 14.2 Å². The van der Waals surface area contributed by atoms with E-state index in [0.717, 1.165) is 22.5 Å². The molecule has 36 heavy (non-hydrogen) atoms. The molecule has 0 saturated heterocycles. The Morgan fingerprint density at radius 3 is 2.50 bits per heavy atom. The van der Waals surface area contributed by atoms with Crippen molar-refractivity contribution in [2.24, 2.45) is 0 Å². The van der Waals surface area contributed by atoms with Crippen LogP contribution < -0.4 is 23.8 Å². The topological polar surface area (TPSA) is 114 Å². The number of rotatable bonds is 11.